The summed E-state index contributed by atoms with van der Waals surface area (Å²) >= 11 is 0. The number of aromatic nitrogens is 1. The fraction of sp³-hybridized carbons (Fsp3) is 0.182. The van der Waals surface area contributed by atoms with E-state index < -0.39 is 5.91 Å². The van der Waals surface area contributed by atoms with E-state index in [2.05, 4.69) is 21.1 Å². The van der Waals surface area contributed by atoms with Crippen LogP contribution in [-0.2, 0) is 9.59 Å². The number of hydrogen-bond acceptors (Lipinski definition) is 6. The second kappa shape index (κ2) is 8.70. The number of carbonyl (C=O) groups is 3. The largest absolute Gasteiger partial charge is 0.482 e. The van der Waals surface area contributed by atoms with E-state index in [0.29, 0.717) is 17.2 Å². The van der Waals surface area contributed by atoms with Gasteiger partial charge < -0.3 is 25.2 Å². The van der Waals surface area contributed by atoms with Crippen molar-refractivity contribution in [1.82, 2.24) is 15.8 Å². The highest BCUT2D eigenvalue weighted by atomic mass is 16.5. The Balaban J connectivity index is 1.31. The summed E-state index contributed by atoms with van der Waals surface area (Å²) in [6, 6.07) is 15.7. The minimum absolute atomic E-state index is 0.0172. The summed E-state index contributed by atoms with van der Waals surface area (Å²) < 4.78 is 10.5. The van der Waals surface area contributed by atoms with Crippen molar-refractivity contribution in [3.8, 4) is 17.1 Å². The molecule has 0 spiro atoms. The number of nitrogens with one attached hydrogen (secondary N) is 3. The summed E-state index contributed by atoms with van der Waals surface area (Å²) in [4.78, 5) is 36.0. The topological polar surface area (TPSA) is 123 Å². The molecule has 1 aliphatic heterocycles. The van der Waals surface area contributed by atoms with Gasteiger partial charge in [-0.1, -0.05) is 41.6 Å². The number of rotatable bonds is 6. The minimum atomic E-state index is -0.512. The van der Waals surface area contributed by atoms with Crippen LogP contribution in [0.15, 0.2) is 59.1 Å². The van der Waals surface area contributed by atoms with Gasteiger partial charge in [0.25, 0.3) is 11.8 Å². The Kier molecular flexibility index (Phi) is 5.65. The van der Waals surface area contributed by atoms with Gasteiger partial charge in [-0.05, 0) is 24.6 Å². The number of ether oxygens (including phenoxy) is 1. The Bertz CT molecular complexity index is 1130. The molecule has 3 amide bonds. The second-order valence-corrected chi connectivity index (χ2v) is 7.01. The van der Waals surface area contributed by atoms with Gasteiger partial charge in [-0.15, -0.1) is 0 Å². The highest BCUT2D eigenvalue weighted by Gasteiger charge is 2.19. The summed E-state index contributed by atoms with van der Waals surface area (Å²) in [6.45, 7) is 1.56. The first-order valence-electron chi connectivity index (χ1n) is 9.66. The number of amides is 3. The molecule has 1 aromatic heterocycles. The Morgan fingerprint density at radius 1 is 1.16 bits per heavy atom. The SMILES string of the molecule is CC(NC(=O)CNC(=O)c1cc(-c2ccccc2)on1)c1ccc2c(c1)NC(=O)CO2. The molecule has 0 fully saturated rings. The molecule has 9 heteroatoms. The predicted molar refractivity (Wildman–Crippen MR) is 111 cm³/mol. The van der Waals surface area contributed by atoms with E-state index >= 15 is 0 Å². The van der Waals surface area contributed by atoms with Crippen molar-refractivity contribution < 1.29 is 23.6 Å². The van der Waals surface area contributed by atoms with Crippen molar-refractivity contribution in [2.75, 3.05) is 18.5 Å². The predicted octanol–water partition coefficient (Wildman–Crippen LogP) is 2.28. The summed E-state index contributed by atoms with van der Waals surface area (Å²) in [5.41, 5.74) is 2.23. The maximum absolute atomic E-state index is 12.3. The molecule has 0 radical (unpaired) electrons. The number of anilines is 1. The lowest BCUT2D eigenvalue weighted by molar-refractivity contribution is -0.121. The second-order valence-electron chi connectivity index (χ2n) is 7.01. The normalized spacial score (nSPS) is 13.4. The van der Waals surface area contributed by atoms with Crippen molar-refractivity contribution in [3.05, 3.63) is 65.9 Å². The van der Waals surface area contributed by atoms with Crippen LogP contribution >= 0.6 is 0 Å². The van der Waals surface area contributed by atoms with E-state index in [0.717, 1.165) is 11.1 Å². The molecule has 3 N–H and O–H groups in total. The number of benzene rings is 2. The van der Waals surface area contributed by atoms with Gasteiger partial charge in [-0.2, -0.15) is 0 Å². The highest BCUT2D eigenvalue weighted by Crippen LogP contribution is 2.30. The van der Waals surface area contributed by atoms with Crippen LogP contribution in [0.4, 0.5) is 5.69 Å². The molecule has 158 valence electrons. The first kappa shape index (κ1) is 20.1. The van der Waals surface area contributed by atoms with Gasteiger partial charge >= 0.3 is 0 Å². The van der Waals surface area contributed by atoms with Crippen LogP contribution in [0.25, 0.3) is 11.3 Å². The standard InChI is InChI=1S/C22H20N4O5/c1-13(15-7-8-18-16(9-15)25-21(28)12-30-18)24-20(27)11-23-22(29)17-10-19(31-26-17)14-5-3-2-4-6-14/h2-10,13H,11-12H2,1H3,(H,23,29)(H,24,27)(H,25,28). The van der Waals surface area contributed by atoms with Crippen molar-refractivity contribution >= 4 is 23.4 Å². The fourth-order valence-electron chi connectivity index (χ4n) is 3.12. The van der Waals surface area contributed by atoms with E-state index in [1.165, 1.54) is 6.07 Å². The highest BCUT2D eigenvalue weighted by molar-refractivity contribution is 5.96. The summed E-state index contributed by atoms with van der Waals surface area (Å²) in [5.74, 6) is -0.0655. The third kappa shape index (κ3) is 4.72. The fourth-order valence-corrected chi connectivity index (χ4v) is 3.12. The van der Waals surface area contributed by atoms with Crippen molar-refractivity contribution in [1.29, 1.82) is 0 Å². The maximum atomic E-state index is 12.3. The molecule has 0 saturated heterocycles. The average Bonchev–Trinajstić information content (AvgIpc) is 3.28. The van der Waals surface area contributed by atoms with Crippen molar-refractivity contribution in [2.24, 2.45) is 0 Å². The minimum Gasteiger partial charge on any atom is -0.482 e. The molecule has 9 nitrogen and oxygen atoms in total. The molecule has 2 aromatic carbocycles. The van der Waals surface area contributed by atoms with Crippen LogP contribution in [0, 0.1) is 0 Å². The molecule has 0 aliphatic carbocycles. The zero-order valence-corrected chi connectivity index (χ0v) is 16.7. The van der Waals surface area contributed by atoms with E-state index in [-0.39, 0.29) is 36.7 Å². The summed E-state index contributed by atoms with van der Waals surface area (Å²) in [6.07, 6.45) is 0. The van der Waals surface area contributed by atoms with Crippen molar-refractivity contribution in [3.63, 3.8) is 0 Å². The number of carbonyl (C=O) groups excluding carboxylic acids is 3. The quantitative estimate of drug-likeness (QED) is 0.562. The lowest BCUT2D eigenvalue weighted by Crippen LogP contribution is -2.38. The smallest absolute Gasteiger partial charge is 0.273 e. The Morgan fingerprint density at radius 2 is 1.97 bits per heavy atom. The number of fused-ring (bicyclic) bond motifs is 1. The molecule has 1 atom stereocenters. The van der Waals surface area contributed by atoms with Gasteiger partial charge in [-0.3, -0.25) is 14.4 Å². The van der Waals surface area contributed by atoms with Gasteiger partial charge in [0, 0.05) is 11.6 Å². The van der Waals surface area contributed by atoms with Crippen LogP contribution in [0.1, 0.15) is 29.0 Å². The Labute approximate surface area is 177 Å². The van der Waals surface area contributed by atoms with Gasteiger partial charge in [0.15, 0.2) is 18.1 Å². The van der Waals surface area contributed by atoms with Crippen LogP contribution in [0.3, 0.4) is 0 Å². The Morgan fingerprint density at radius 3 is 2.77 bits per heavy atom. The number of nitrogens with zero attached hydrogens (tertiary/aromatic N) is 1. The summed E-state index contributed by atoms with van der Waals surface area (Å²) in [7, 11) is 0. The molecule has 1 unspecified atom stereocenters. The van der Waals surface area contributed by atoms with E-state index in [1.54, 1.807) is 25.1 Å². The lowest BCUT2D eigenvalue weighted by atomic mass is 10.1. The Hall–Kier alpha value is -4.14. The number of hydrogen-bond donors (Lipinski definition) is 3. The molecule has 0 bridgehead atoms. The van der Waals surface area contributed by atoms with Crippen LogP contribution < -0.4 is 20.7 Å². The third-order valence-corrected chi connectivity index (χ3v) is 4.72. The van der Waals surface area contributed by atoms with Crippen LogP contribution in [-0.4, -0.2) is 36.0 Å². The van der Waals surface area contributed by atoms with Crippen LogP contribution in [0.2, 0.25) is 0 Å². The third-order valence-electron chi connectivity index (χ3n) is 4.72. The zero-order valence-electron chi connectivity index (χ0n) is 16.7. The molecule has 1 aliphatic rings. The van der Waals surface area contributed by atoms with Gasteiger partial charge in [0.2, 0.25) is 5.91 Å². The lowest BCUT2D eigenvalue weighted by Gasteiger charge is -2.21. The molecule has 3 aromatic rings. The van der Waals surface area contributed by atoms with Gasteiger partial charge in [0.05, 0.1) is 18.3 Å². The molecule has 2 heterocycles. The van der Waals surface area contributed by atoms with E-state index in [9.17, 15) is 14.4 Å². The van der Waals surface area contributed by atoms with Crippen LogP contribution in [0.5, 0.6) is 5.75 Å². The van der Waals surface area contributed by atoms with Gasteiger partial charge in [0.1, 0.15) is 5.75 Å². The first-order chi connectivity index (χ1) is 15.0. The molecular formula is C22H20N4O5. The van der Waals surface area contributed by atoms with E-state index in [1.807, 2.05) is 30.3 Å². The average molecular weight is 420 g/mol. The maximum Gasteiger partial charge on any atom is 0.273 e. The molecule has 4 rings (SSSR count). The molecule has 0 saturated carbocycles. The monoisotopic (exact) mass is 420 g/mol. The van der Waals surface area contributed by atoms with Gasteiger partial charge in [-0.25, -0.2) is 0 Å². The van der Waals surface area contributed by atoms with E-state index in [4.69, 9.17) is 9.26 Å². The first-order valence-corrected chi connectivity index (χ1v) is 9.66. The summed E-state index contributed by atoms with van der Waals surface area (Å²) in [5, 5.41) is 11.8. The van der Waals surface area contributed by atoms with Crippen molar-refractivity contribution in [2.45, 2.75) is 13.0 Å². The molecular weight excluding hydrogens is 400 g/mol. The molecule has 31 heavy (non-hydrogen) atoms. The zero-order chi connectivity index (χ0) is 21.8.